The summed E-state index contributed by atoms with van der Waals surface area (Å²) in [5.41, 5.74) is 1.96. The number of aryl methyl sites for hydroxylation is 1. The molecule has 4 heteroatoms. The van der Waals surface area contributed by atoms with E-state index in [1.54, 1.807) is 4.68 Å². The van der Waals surface area contributed by atoms with Gasteiger partial charge in [0.05, 0.1) is 10.9 Å². The van der Waals surface area contributed by atoms with E-state index in [-0.39, 0.29) is 0 Å². The van der Waals surface area contributed by atoms with E-state index in [4.69, 9.17) is 0 Å². The van der Waals surface area contributed by atoms with Crippen molar-refractivity contribution in [1.29, 1.82) is 0 Å². The van der Waals surface area contributed by atoms with Crippen molar-refractivity contribution in [3.05, 3.63) is 36.4 Å². The van der Waals surface area contributed by atoms with Crippen LogP contribution in [0, 0.1) is 0 Å². The van der Waals surface area contributed by atoms with Gasteiger partial charge in [0.2, 0.25) is 0 Å². The maximum atomic E-state index is 4.56. The van der Waals surface area contributed by atoms with Gasteiger partial charge >= 0.3 is 0 Å². The molecule has 1 heterocycles. The van der Waals surface area contributed by atoms with Crippen LogP contribution < -0.4 is 0 Å². The van der Waals surface area contributed by atoms with Gasteiger partial charge in [0.15, 0.2) is 5.82 Å². The van der Waals surface area contributed by atoms with Crippen molar-refractivity contribution in [2.45, 2.75) is 0 Å². The van der Waals surface area contributed by atoms with E-state index >= 15 is 0 Å². The monoisotopic (exact) mass is 215 g/mol. The number of hydrogen-bond donors (Lipinski definition) is 0. The molecule has 1 aromatic heterocycles. The van der Waals surface area contributed by atoms with Crippen LogP contribution in [-0.4, -0.2) is 14.9 Å². The second-order valence-electron chi connectivity index (χ2n) is 3.08. The molecule has 0 aliphatic heterocycles. The first-order valence-corrected chi connectivity index (χ1v) is 4.89. The Labute approximate surface area is 93.1 Å². The third-order valence-corrected chi connectivity index (χ3v) is 2.18. The average Bonchev–Trinajstić information content (AvgIpc) is 2.63. The summed E-state index contributed by atoms with van der Waals surface area (Å²) in [5, 5.41) is 6.67. The highest BCUT2D eigenvalue weighted by Gasteiger charge is 2.04. The standard InChI is InChI=1S/C11H9N3S/c1-14-11(12-8-15)7-10(13-14)9-5-3-2-4-6-9/h2-7H,1H3. The number of aliphatic imine (C=N–C) groups is 1. The molecule has 2 aromatic rings. The first kappa shape index (κ1) is 9.77. The zero-order chi connectivity index (χ0) is 10.7. The number of nitrogens with zero attached hydrogens (tertiary/aromatic N) is 3. The predicted octanol–water partition coefficient (Wildman–Crippen LogP) is 2.82. The molecule has 0 amide bonds. The fourth-order valence-corrected chi connectivity index (χ4v) is 1.45. The van der Waals surface area contributed by atoms with Crippen LogP contribution in [0.3, 0.4) is 0 Å². The summed E-state index contributed by atoms with van der Waals surface area (Å²) in [5.74, 6) is 0.712. The largest absolute Gasteiger partial charge is 0.250 e. The molecule has 0 saturated carbocycles. The molecule has 74 valence electrons. The van der Waals surface area contributed by atoms with E-state index in [2.05, 4.69) is 27.5 Å². The molecule has 0 spiro atoms. The molecule has 0 fully saturated rings. The molecule has 0 aliphatic rings. The lowest BCUT2D eigenvalue weighted by atomic mass is 10.2. The van der Waals surface area contributed by atoms with Gasteiger partial charge < -0.3 is 0 Å². The van der Waals surface area contributed by atoms with Crippen molar-refractivity contribution in [1.82, 2.24) is 9.78 Å². The molecule has 15 heavy (non-hydrogen) atoms. The predicted molar refractivity (Wildman–Crippen MR) is 63.3 cm³/mol. The molecule has 0 aliphatic carbocycles. The number of rotatable bonds is 2. The van der Waals surface area contributed by atoms with Crippen LogP contribution in [0.1, 0.15) is 0 Å². The highest BCUT2D eigenvalue weighted by molar-refractivity contribution is 7.78. The van der Waals surface area contributed by atoms with Crippen molar-refractivity contribution in [3.8, 4) is 11.3 Å². The van der Waals surface area contributed by atoms with E-state index in [0.29, 0.717) is 5.82 Å². The summed E-state index contributed by atoms with van der Waals surface area (Å²) in [6.45, 7) is 0. The Bertz CT molecular complexity index is 510. The normalized spacial score (nSPS) is 9.67. The van der Waals surface area contributed by atoms with Crippen LogP contribution in [0.2, 0.25) is 0 Å². The summed E-state index contributed by atoms with van der Waals surface area (Å²) < 4.78 is 1.68. The summed E-state index contributed by atoms with van der Waals surface area (Å²) in [6, 6.07) is 11.8. The first-order chi connectivity index (χ1) is 7.31. The van der Waals surface area contributed by atoms with Crippen molar-refractivity contribution in [2.75, 3.05) is 0 Å². The molecule has 0 bridgehead atoms. The second kappa shape index (κ2) is 4.17. The molecular weight excluding hydrogens is 206 g/mol. The van der Waals surface area contributed by atoms with E-state index in [1.165, 1.54) is 0 Å². The lowest BCUT2D eigenvalue weighted by Crippen LogP contribution is -1.89. The Morgan fingerprint density at radius 3 is 2.73 bits per heavy atom. The van der Waals surface area contributed by atoms with E-state index in [0.717, 1.165) is 11.3 Å². The van der Waals surface area contributed by atoms with E-state index in [1.807, 2.05) is 43.4 Å². The summed E-state index contributed by atoms with van der Waals surface area (Å²) in [7, 11) is 1.83. The molecule has 0 saturated heterocycles. The van der Waals surface area contributed by atoms with Crippen LogP contribution in [0.4, 0.5) is 5.82 Å². The molecule has 0 unspecified atom stereocenters. The number of benzene rings is 1. The molecule has 0 atom stereocenters. The molecule has 0 N–H and O–H groups in total. The number of hydrogen-bond acceptors (Lipinski definition) is 3. The minimum atomic E-state index is 0.712. The highest BCUT2D eigenvalue weighted by Crippen LogP contribution is 2.22. The zero-order valence-corrected chi connectivity index (χ0v) is 9.03. The van der Waals surface area contributed by atoms with Gasteiger partial charge in [0, 0.05) is 18.7 Å². The van der Waals surface area contributed by atoms with Gasteiger partial charge in [0.25, 0.3) is 0 Å². The van der Waals surface area contributed by atoms with Crippen molar-refractivity contribution >= 4 is 23.2 Å². The number of aromatic nitrogens is 2. The Morgan fingerprint density at radius 1 is 1.33 bits per heavy atom. The Hall–Kier alpha value is -1.77. The van der Waals surface area contributed by atoms with Crippen LogP contribution in [-0.2, 0) is 7.05 Å². The lowest BCUT2D eigenvalue weighted by Gasteiger charge is -1.93. The Balaban J connectivity index is 2.47. The fraction of sp³-hybridized carbons (Fsp3) is 0.0909. The van der Waals surface area contributed by atoms with Gasteiger partial charge in [-0.15, -0.1) is 0 Å². The van der Waals surface area contributed by atoms with Gasteiger partial charge in [-0.05, 0) is 12.2 Å². The quantitative estimate of drug-likeness (QED) is 0.569. The van der Waals surface area contributed by atoms with Gasteiger partial charge in [-0.2, -0.15) is 10.1 Å². The van der Waals surface area contributed by atoms with Gasteiger partial charge in [-0.1, -0.05) is 30.3 Å². The lowest BCUT2D eigenvalue weighted by molar-refractivity contribution is 0.774. The minimum Gasteiger partial charge on any atom is -0.250 e. The smallest absolute Gasteiger partial charge is 0.161 e. The molecule has 1 aromatic carbocycles. The summed E-state index contributed by atoms with van der Waals surface area (Å²) in [4.78, 5) is 3.92. The maximum absolute atomic E-state index is 4.56. The maximum Gasteiger partial charge on any atom is 0.161 e. The van der Waals surface area contributed by atoms with E-state index in [9.17, 15) is 0 Å². The minimum absolute atomic E-state index is 0.712. The summed E-state index contributed by atoms with van der Waals surface area (Å²) in [6.07, 6.45) is 0. The topological polar surface area (TPSA) is 30.2 Å². The van der Waals surface area contributed by atoms with Gasteiger partial charge in [-0.3, -0.25) is 0 Å². The Kier molecular flexibility index (Phi) is 2.72. The van der Waals surface area contributed by atoms with Crippen LogP contribution in [0.5, 0.6) is 0 Å². The molecule has 0 radical (unpaired) electrons. The van der Waals surface area contributed by atoms with E-state index < -0.39 is 0 Å². The van der Waals surface area contributed by atoms with Crippen molar-refractivity contribution < 1.29 is 0 Å². The zero-order valence-electron chi connectivity index (χ0n) is 8.21. The summed E-state index contributed by atoms with van der Waals surface area (Å²) >= 11 is 4.56. The number of isothiocyanates is 1. The average molecular weight is 215 g/mol. The number of thiocarbonyl (C=S) groups is 1. The third kappa shape index (κ3) is 2.01. The molecule has 2 rings (SSSR count). The van der Waals surface area contributed by atoms with Gasteiger partial charge in [-0.25, -0.2) is 4.68 Å². The Morgan fingerprint density at radius 2 is 2.07 bits per heavy atom. The van der Waals surface area contributed by atoms with Crippen LogP contribution in [0.25, 0.3) is 11.3 Å². The highest BCUT2D eigenvalue weighted by atomic mass is 32.1. The van der Waals surface area contributed by atoms with Crippen molar-refractivity contribution in [2.24, 2.45) is 12.0 Å². The van der Waals surface area contributed by atoms with Crippen LogP contribution in [0.15, 0.2) is 41.4 Å². The van der Waals surface area contributed by atoms with Crippen molar-refractivity contribution in [3.63, 3.8) is 0 Å². The third-order valence-electron chi connectivity index (χ3n) is 2.08. The molecule has 3 nitrogen and oxygen atoms in total. The SMILES string of the molecule is Cn1nc(-c2ccccc2)cc1N=C=S. The second-order valence-corrected chi connectivity index (χ2v) is 3.26. The molecular formula is C11H9N3S. The first-order valence-electron chi connectivity index (χ1n) is 4.48. The van der Waals surface area contributed by atoms with Gasteiger partial charge in [0.1, 0.15) is 0 Å². The van der Waals surface area contributed by atoms with Crippen LogP contribution >= 0.6 is 12.2 Å². The fourth-order valence-electron chi connectivity index (χ4n) is 1.36.